The van der Waals surface area contributed by atoms with Crippen LogP contribution in [0.4, 0.5) is 5.82 Å². The predicted octanol–water partition coefficient (Wildman–Crippen LogP) is 3.99. The number of H-pyrrole nitrogens is 1. The maximum atomic E-state index is 9.70. The highest BCUT2D eigenvalue weighted by Crippen LogP contribution is 2.39. The normalized spacial score (nSPS) is 14.9. The molecule has 0 radical (unpaired) electrons. The SMILES string of the molecule is CC1=C(C#N)C(c2ccc3[nH]nc(N=Cc4cccnc4)c3c2)C(C#N)=C(C)N1. The standard InChI is InChI=1S/C22H17N7/c1-13-18(9-23)21(19(10-24)14(2)27-13)16-5-6-20-17(8-16)22(29-28-20)26-12-15-4-3-7-25-11-15/h3-8,11-12,21,27H,1-2H3,(H,28,29). The molecule has 140 valence electrons. The monoisotopic (exact) mass is 379 g/mol. The molecule has 0 bridgehead atoms. The Hall–Kier alpha value is -4.23. The second kappa shape index (κ2) is 7.41. The summed E-state index contributed by atoms with van der Waals surface area (Å²) in [6.45, 7) is 3.70. The third kappa shape index (κ3) is 3.26. The van der Waals surface area contributed by atoms with Crippen LogP contribution >= 0.6 is 0 Å². The van der Waals surface area contributed by atoms with E-state index in [2.05, 4.69) is 37.6 Å². The van der Waals surface area contributed by atoms with Crippen molar-refractivity contribution in [3.63, 3.8) is 0 Å². The first-order valence-electron chi connectivity index (χ1n) is 9.03. The summed E-state index contributed by atoms with van der Waals surface area (Å²) in [4.78, 5) is 8.56. The van der Waals surface area contributed by atoms with E-state index in [1.807, 2.05) is 44.2 Å². The van der Waals surface area contributed by atoms with Gasteiger partial charge < -0.3 is 5.32 Å². The van der Waals surface area contributed by atoms with Gasteiger partial charge in [0.2, 0.25) is 0 Å². The third-order valence-corrected chi connectivity index (χ3v) is 4.92. The molecule has 0 saturated carbocycles. The van der Waals surface area contributed by atoms with E-state index in [1.54, 1.807) is 18.6 Å². The second-order valence-corrected chi connectivity index (χ2v) is 6.76. The van der Waals surface area contributed by atoms with E-state index in [0.717, 1.165) is 33.4 Å². The number of dihydropyridines is 1. The highest BCUT2D eigenvalue weighted by molar-refractivity contribution is 5.92. The first-order valence-corrected chi connectivity index (χ1v) is 9.03. The molecule has 0 aliphatic carbocycles. The van der Waals surface area contributed by atoms with E-state index in [0.29, 0.717) is 17.0 Å². The summed E-state index contributed by atoms with van der Waals surface area (Å²) in [5, 5.41) is 30.6. The van der Waals surface area contributed by atoms with Crippen LogP contribution in [0.5, 0.6) is 0 Å². The molecule has 7 heteroatoms. The molecule has 0 atom stereocenters. The summed E-state index contributed by atoms with van der Waals surface area (Å²) in [7, 11) is 0. The molecule has 0 unspecified atom stereocenters. The van der Waals surface area contributed by atoms with Gasteiger partial charge in [0, 0.05) is 41.0 Å². The van der Waals surface area contributed by atoms with E-state index in [1.165, 1.54) is 0 Å². The van der Waals surface area contributed by atoms with Gasteiger partial charge in [-0.25, -0.2) is 4.99 Å². The Labute approximate surface area is 167 Å². The topological polar surface area (TPSA) is 114 Å². The molecule has 2 N–H and O–H groups in total. The van der Waals surface area contributed by atoms with Crippen molar-refractivity contribution in [2.24, 2.45) is 4.99 Å². The number of allylic oxidation sites excluding steroid dienone is 4. The zero-order chi connectivity index (χ0) is 20.4. The van der Waals surface area contributed by atoms with E-state index in [4.69, 9.17) is 0 Å². The molecule has 4 rings (SSSR count). The molecule has 7 nitrogen and oxygen atoms in total. The summed E-state index contributed by atoms with van der Waals surface area (Å²) >= 11 is 0. The minimum atomic E-state index is -0.416. The van der Waals surface area contributed by atoms with E-state index in [-0.39, 0.29) is 0 Å². The molecule has 3 aromatic rings. The molecule has 0 saturated heterocycles. The fourth-order valence-corrected chi connectivity index (χ4v) is 3.51. The number of aromatic amines is 1. The zero-order valence-electron chi connectivity index (χ0n) is 15.9. The summed E-state index contributed by atoms with van der Waals surface area (Å²) in [6, 6.07) is 14.0. The van der Waals surface area contributed by atoms with Crippen molar-refractivity contribution in [1.29, 1.82) is 10.5 Å². The molecule has 1 aliphatic heterocycles. The average molecular weight is 379 g/mol. The predicted molar refractivity (Wildman–Crippen MR) is 110 cm³/mol. The Kier molecular flexibility index (Phi) is 4.64. The largest absolute Gasteiger partial charge is 0.361 e. The molecule has 2 aromatic heterocycles. The van der Waals surface area contributed by atoms with Crippen LogP contribution in [-0.2, 0) is 0 Å². The van der Waals surface area contributed by atoms with Crippen LogP contribution in [0.3, 0.4) is 0 Å². The highest BCUT2D eigenvalue weighted by atomic mass is 15.2. The van der Waals surface area contributed by atoms with Crippen molar-refractivity contribution in [2.45, 2.75) is 19.8 Å². The van der Waals surface area contributed by atoms with Gasteiger partial charge in [-0.1, -0.05) is 12.1 Å². The van der Waals surface area contributed by atoms with Gasteiger partial charge in [-0.05, 0) is 37.6 Å². The third-order valence-electron chi connectivity index (χ3n) is 4.92. The van der Waals surface area contributed by atoms with Crippen LogP contribution in [0.2, 0.25) is 0 Å². The van der Waals surface area contributed by atoms with Crippen molar-refractivity contribution >= 4 is 22.9 Å². The van der Waals surface area contributed by atoms with E-state index in [9.17, 15) is 10.5 Å². The molecule has 3 heterocycles. The van der Waals surface area contributed by atoms with Crippen LogP contribution in [0.1, 0.15) is 30.9 Å². The van der Waals surface area contributed by atoms with Gasteiger partial charge in [-0.15, -0.1) is 0 Å². The van der Waals surface area contributed by atoms with Gasteiger partial charge in [-0.3, -0.25) is 10.1 Å². The summed E-state index contributed by atoms with van der Waals surface area (Å²) in [6.07, 6.45) is 5.13. The molecule has 0 fully saturated rings. The highest BCUT2D eigenvalue weighted by Gasteiger charge is 2.29. The van der Waals surface area contributed by atoms with E-state index >= 15 is 0 Å². The first kappa shape index (κ1) is 18.1. The van der Waals surface area contributed by atoms with Crippen molar-refractivity contribution in [2.75, 3.05) is 0 Å². The number of hydrogen-bond donors (Lipinski definition) is 2. The molecule has 1 aliphatic rings. The number of nitrogens with one attached hydrogen (secondary N) is 2. The minimum Gasteiger partial charge on any atom is -0.361 e. The van der Waals surface area contributed by atoms with Crippen molar-refractivity contribution in [3.8, 4) is 12.1 Å². The number of aliphatic imine (C=N–C) groups is 1. The van der Waals surface area contributed by atoms with E-state index < -0.39 is 5.92 Å². The van der Waals surface area contributed by atoms with Crippen LogP contribution in [0.25, 0.3) is 10.9 Å². The maximum Gasteiger partial charge on any atom is 0.181 e. The number of pyridine rings is 1. The number of hydrogen-bond acceptors (Lipinski definition) is 6. The fourth-order valence-electron chi connectivity index (χ4n) is 3.51. The fraction of sp³-hybridized carbons (Fsp3) is 0.136. The van der Waals surface area contributed by atoms with Crippen molar-refractivity contribution < 1.29 is 0 Å². The smallest absolute Gasteiger partial charge is 0.181 e. The Balaban J connectivity index is 1.81. The minimum absolute atomic E-state index is 0.416. The van der Waals surface area contributed by atoms with Crippen molar-refractivity contribution in [1.82, 2.24) is 20.5 Å². The Morgan fingerprint density at radius 3 is 2.52 bits per heavy atom. The van der Waals surface area contributed by atoms with Gasteiger partial charge in [0.25, 0.3) is 0 Å². The molecular weight excluding hydrogens is 362 g/mol. The van der Waals surface area contributed by atoms with Crippen LogP contribution in [0.15, 0.2) is 70.3 Å². The number of fused-ring (bicyclic) bond motifs is 1. The second-order valence-electron chi connectivity index (χ2n) is 6.76. The first-order chi connectivity index (χ1) is 14.1. The lowest BCUT2D eigenvalue weighted by atomic mass is 9.81. The summed E-state index contributed by atoms with van der Waals surface area (Å²) < 4.78 is 0. The molecular formula is C22H17N7. The van der Waals surface area contributed by atoms with Gasteiger partial charge in [0.1, 0.15) is 0 Å². The van der Waals surface area contributed by atoms with Crippen LogP contribution in [0, 0.1) is 22.7 Å². The number of aromatic nitrogens is 3. The maximum absolute atomic E-state index is 9.70. The molecule has 0 spiro atoms. The van der Waals surface area contributed by atoms with Gasteiger partial charge in [0.05, 0.1) is 34.7 Å². The Bertz CT molecular complexity index is 1230. The van der Waals surface area contributed by atoms with Crippen LogP contribution < -0.4 is 5.32 Å². The molecule has 29 heavy (non-hydrogen) atoms. The lowest BCUT2D eigenvalue weighted by Gasteiger charge is -2.26. The number of rotatable bonds is 3. The number of benzene rings is 1. The lowest BCUT2D eigenvalue weighted by molar-refractivity contribution is 0.815. The quantitative estimate of drug-likeness (QED) is 0.668. The van der Waals surface area contributed by atoms with Crippen LogP contribution in [-0.4, -0.2) is 21.4 Å². The lowest BCUT2D eigenvalue weighted by Crippen LogP contribution is -2.23. The summed E-state index contributed by atoms with van der Waals surface area (Å²) in [5.74, 6) is 0.124. The zero-order valence-corrected chi connectivity index (χ0v) is 15.9. The molecule has 1 aromatic carbocycles. The van der Waals surface area contributed by atoms with Gasteiger partial charge in [-0.2, -0.15) is 15.6 Å². The average Bonchev–Trinajstić information content (AvgIpc) is 3.14. The Morgan fingerprint density at radius 2 is 1.86 bits per heavy atom. The van der Waals surface area contributed by atoms with Gasteiger partial charge >= 0.3 is 0 Å². The number of nitriles is 2. The molecule has 0 amide bonds. The summed E-state index contributed by atoms with van der Waals surface area (Å²) in [5.41, 5.74) is 5.15. The Morgan fingerprint density at radius 1 is 1.10 bits per heavy atom. The number of nitrogens with zero attached hydrogens (tertiary/aromatic N) is 5. The van der Waals surface area contributed by atoms with Crippen molar-refractivity contribution in [3.05, 3.63) is 76.4 Å². The van der Waals surface area contributed by atoms with Gasteiger partial charge in [0.15, 0.2) is 5.82 Å².